The number of hydrogen-bond donors (Lipinski definition) is 1. The Bertz CT molecular complexity index is 312. The summed E-state index contributed by atoms with van der Waals surface area (Å²) in [7, 11) is 2.09. The van der Waals surface area contributed by atoms with Crippen LogP contribution in [-0.2, 0) is 6.54 Å². The van der Waals surface area contributed by atoms with Crippen LogP contribution in [0.3, 0.4) is 0 Å². The summed E-state index contributed by atoms with van der Waals surface area (Å²) < 4.78 is 0. The maximum absolute atomic E-state index is 6.10. The molecular formula is C12H19ClN2. The van der Waals surface area contributed by atoms with Crippen molar-refractivity contribution < 1.29 is 0 Å². The lowest BCUT2D eigenvalue weighted by molar-refractivity contribution is 0.766. The van der Waals surface area contributed by atoms with Gasteiger partial charge in [0.05, 0.1) is 0 Å². The second-order valence-electron chi connectivity index (χ2n) is 3.75. The highest BCUT2D eigenvalue weighted by molar-refractivity contribution is 6.31. The molecule has 1 rings (SSSR count). The van der Waals surface area contributed by atoms with Crippen molar-refractivity contribution in [2.75, 3.05) is 18.5 Å². The van der Waals surface area contributed by atoms with Crippen molar-refractivity contribution in [3.8, 4) is 0 Å². The van der Waals surface area contributed by atoms with Crippen LogP contribution in [0.25, 0.3) is 0 Å². The SMILES string of the molecule is CCCCN(C)c1ccc(CN)c(Cl)c1. The van der Waals surface area contributed by atoms with Crippen LogP contribution in [0.1, 0.15) is 25.3 Å². The number of benzene rings is 1. The van der Waals surface area contributed by atoms with Gasteiger partial charge in [0.15, 0.2) is 0 Å². The minimum atomic E-state index is 0.498. The molecule has 1 aromatic rings. The van der Waals surface area contributed by atoms with Gasteiger partial charge in [-0.25, -0.2) is 0 Å². The van der Waals surface area contributed by atoms with Gasteiger partial charge in [-0.2, -0.15) is 0 Å². The van der Waals surface area contributed by atoms with Gasteiger partial charge in [-0.1, -0.05) is 31.0 Å². The van der Waals surface area contributed by atoms with Crippen molar-refractivity contribution in [1.29, 1.82) is 0 Å². The van der Waals surface area contributed by atoms with E-state index in [1.807, 2.05) is 12.1 Å². The molecule has 0 unspecified atom stereocenters. The van der Waals surface area contributed by atoms with Crippen molar-refractivity contribution >= 4 is 17.3 Å². The Morgan fingerprint density at radius 3 is 2.67 bits per heavy atom. The normalized spacial score (nSPS) is 10.4. The number of unbranched alkanes of at least 4 members (excludes halogenated alkanes) is 1. The Kier molecular flexibility index (Phi) is 4.92. The molecule has 0 aromatic heterocycles. The number of hydrogen-bond acceptors (Lipinski definition) is 2. The Balaban J connectivity index is 2.73. The van der Waals surface area contributed by atoms with E-state index in [4.69, 9.17) is 17.3 Å². The molecule has 15 heavy (non-hydrogen) atoms. The van der Waals surface area contributed by atoms with E-state index in [0.29, 0.717) is 6.54 Å². The summed E-state index contributed by atoms with van der Waals surface area (Å²) >= 11 is 6.10. The molecule has 0 aliphatic heterocycles. The number of halogens is 1. The van der Waals surface area contributed by atoms with E-state index in [9.17, 15) is 0 Å². The quantitative estimate of drug-likeness (QED) is 0.836. The van der Waals surface area contributed by atoms with E-state index >= 15 is 0 Å². The van der Waals surface area contributed by atoms with E-state index in [0.717, 1.165) is 22.8 Å². The van der Waals surface area contributed by atoms with Gasteiger partial charge >= 0.3 is 0 Å². The van der Waals surface area contributed by atoms with Crippen LogP contribution in [0.4, 0.5) is 5.69 Å². The fourth-order valence-corrected chi connectivity index (χ4v) is 1.72. The van der Waals surface area contributed by atoms with Gasteiger partial charge in [-0.3, -0.25) is 0 Å². The molecule has 1 aromatic carbocycles. The molecular weight excluding hydrogens is 208 g/mol. The van der Waals surface area contributed by atoms with Crippen molar-refractivity contribution in [3.05, 3.63) is 28.8 Å². The summed E-state index contributed by atoms with van der Waals surface area (Å²) in [5.74, 6) is 0. The second-order valence-corrected chi connectivity index (χ2v) is 4.16. The van der Waals surface area contributed by atoms with Crippen molar-refractivity contribution in [2.24, 2.45) is 5.73 Å². The highest BCUT2D eigenvalue weighted by Crippen LogP contribution is 2.22. The number of rotatable bonds is 5. The van der Waals surface area contributed by atoms with Crippen LogP contribution in [0.5, 0.6) is 0 Å². The number of nitrogens with zero attached hydrogens (tertiary/aromatic N) is 1. The molecule has 0 spiro atoms. The lowest BCUT2D eigenvalue weighted by atomic mass is 10.2. The molecule has 2 N–H and O–H groups in total. The molecule has 0 saturated carbocycles. The van der Waals surface area contributed by atoms with E-state index in [1.54, 1.807) is 0 Å². The first-order valence-electron chi connectivity index (χ1n) is 5.38. The van der Waals surface area contributed by atoms with Crippen LogP contribution >= 0.6 is 11.6 Å². The Morgan fingerprint density at radius 2 is 2.13 bits per heavy atom. The molecule has 0 saturated heterocycles. The smallest absolute Gasteiger partial charge is 0.0471 e. The predicted molar refractivity (Wildman–Crippen MR) is 67.5 cm³/mol. The van der Waals surface area contributed by atoms with Crippen molar-refractivity contribution in [2.45, 2.75) is 26.3 Å². The Hall–Kier alpha value is -0.730. The molecule has 0 amide bonds. The Labute approximate surface area is 97.0 Å². The summed E-state index contributed by atoms with van der Waals surface area (Å²) in [5, 5.41) is 0.762. The predicted octanol–water partition coefficient (Wildman–Crippen LogP) is 3.04. The molecule has 0 fully saturated rings. The summed E-state index contributed by atoms with van der Waals surface area (Å²) in [6.45, 7) is 3.75. The molecule has 0 bridgehead atoms. The van der Waals surface area contributed by atoms with Crippen molar-refractivity contribution in [1.82, 2.24) is 0 Å². The van der Waals surface area contributed by atoms with E-state index in [1.165, 1.54) is 12.8 Å². The van der Waals surface area contributed by atoms with Crippen LogP contribution in [0.2, 0.25) is 5.02 Å². The van der Waals surface area contributed by atoms with E-state index < -0.39 is 0 Å². The summed E-state index contributed by atoms with van der Waals surface area (Å²) in [5.41, 5.74) is 7.72. The third-order valence-electron chi connectivity index (χ3n) is 2.54. The molecule has 0 heterocycles. The minimum absolute atomic E-state index is 0.498. The second kappa shape index (κ2) is 5.99. The van der Waals surface area contributed by atoms with Gasteiger partial charge in [0.2, 0.25) is 0 Å². The molecule has 0 aliphatic carbocycles. The first kappa shape index (κ1) is 12.3. The van der Waals surface area contributed by atoms with Gasteiger partial charge in [-0.05, 0) is 24.1 Å². The van der Waals surface area contributed by atoms with Gasteiger partial charge in [0, 0.05) is 30.8 Å². The van der Waals surface area contributed by atoms with E-state index in [2.05, 4.69) is 24.9 Å². The third kappa shape index (κ3) is 3.40. The van der Waals surface area contributed by atoms with Gasteiger partial charge < -0.3 is 10.6 Å². The molecule has 0 atom stereocenters. The third-order valence-corrected chi connectivity index (χ3v) is 2.90. The lowest BCUT2D eigenvalue weighted by Gasteiger charge is -2.19. The lowest BCUT2D eigenvalue weighted by Crippen LogP contribution is -2.18. The largest absolute Gasteiger partial charge is 0.375 e. The van der Waals surface area contributed by atoms with Gasteiger partial charge in [0.1, 0.15) is 0 Å². The first-order valence-corrected chi connectivity index (χ1v) is 5.76. The topological polar surface area (TPSA) is 29.3 Å². The molecule has 3 heteroatoms. The highest BCUT2D eigenvalue weighted by Gasteiger charge is 2.03. The first-order chi connectivity index (χ1) is 7.19. The van der Waals surface area contributed by atoms with Crippen LogP contribution in [-0.4, -0.2) is 13.6 Å². The molecule has 84 valence electrons. The summed E-state index contributed by atoms with van der Waals surface area (Å²) in [4.78, 5) is 2.22. The van der Waals surface area contributed by atoms with Crippen LogP contribution in [0.15, 0.2) is 18.2 Å². The maximum atomic E-state index is 6.10. The average molecular weight is 227 g/mol. The summed E-state index contributed by atoms with van der Waals surface area (Å²) in [6, 6.07) is 6.06. The molecule has 0 aliphatic rings. The standard InChI is InChI=1S/C12H19ClN2/c1-3-4-7-15(2)11-6-5-10(9-14)12(13)8-11/h5-6,8H,3-4,7,9,14H2,1-2H3. The van der Waals surface area contributed by atoms with Crippen molar-refractivity contribution in [3.63, 3.8) is 0 Å². The van der Waals surface area contributed by atoms with Crippen LogP contribution in [0, 0.1) is 0 Å². The van der Waals surface area contributed by atoms with Crippen LogP contribution < -0.4 is 10.6 Å². The Morgan fingerprint density at radius 1 is 1.40 bits per heavy atom. The molecule has 2 nitrogen and oxygen atoms in total. The average Bonchev–Trinajstić information content (AvgIpc) is 2.25. The van der Waals surface area contributed by atoms with Gasteiger partial charge in [-0.15, -0.1) is 0 Å². The highest BCUT2D eigenvalue weighted by atomic mass is 35.5. The maximum Gasteiger partial charge on any atom is 0.0471 e. The zero-order chi connectivity index (χ0) is 11.3. The minimum Gasteiger partial charge on any atom is -0.375 e. The monoisotopic (exact) mass is 226 g/mol. The fourth-order valence-electron chi connectivity index (χ4n) is 1.46. The zero-order valence-corrected chi connectivity index (χ0v) is 10.2. The van der Waals surface area contributed by atoms with E-state index in [-0.39, 0.29) is 0 Å². The fraction of sp³-hybridized carbons (Fsp3) is 0.500. The number of anilines is 1. The number of nitrogens with two attached hydrogens (primary N) is 1. The van der Waals surface area contributed by atoms with Gasteiger partial charge in [0.25, 0.3) is 0 Å². The summed E-state index contributed by atoms with van der Waals surface area (Å²) in [6.07, 6.45) is 2.41. The zero-order valence-electron chi connectivity index (χ0n) is 9.46. The molecule has 0 radical (unpaired) electrons.